The highest BCUT2D eigenvalue weighted by Crippen LogP contribution is 2.52. The van der Waals surface area contributed by atoms with Crippen LogP contribution < -0.4 is 0 Å². The highest BCUT2D eigenvalue weighted by atomic mass is 16.3. The van der Waals surface area contributed by atoms with Crippen molar-refractivity contribution >= 4 is 0 Å². The van der Waals surface area contributed by atoms with Gasteiger partial charge in [0.05, 0.1) is 17.7 Å². The van der Waals surface area contributed by atoms with Crippen LogP contribution in [0.15, 0.2) is 30.3 Å². The van der Waals surface area contributed by atoms with Gasteiger partial charge in [-0.3, -0.25) is 4.90 Å². The molecule has 104 valence electrons. The van der Waals surface area contributed by atoms with Crippen molar-refractivity contribution in [1.82, 2.24) is 4.90 Å². The van der Waals surface area contributed by atoms with Gasteiger partial charge in [0.1, 0.15) is 0 Å². The average Bonchev–Trinajstić information content (AvgIpc) is 3.16. The maximum Gasteiger partial charge on any atom is 0.0765 e. The predicted octanol–water partition coefficient (Wildman–Crippen LogP) is 3.52. The first-order valence-corrected chi connectivity index (χ1v) is 7.64. The van der Waals surface area contributed by atoms with Gasteiger partial charge in [-0.1, -0.05) is 49.6 Å². The zero-order valence-electron chi connectivity index (χ0n) is 12.0. The zero-order valence-corrected chi connectivity index (χ0v) is 12.0. The van der Waals surface area contributed by atoms with Crippen LogP contribution in [0.5, 0.6) is 0 Å². The second kappa shape index (κ2) is 4.92. The Labute approximate surface area is 116 Å². The molecule has 2 heteroatoms. The number of hydrogen-bond donors (Lipinski definition) is 1. The normalized spacial score (nSPS) is 32.3. The standard InChI is InChI=1S/C17H25NO/c1-17(2,19)16-15(13-9-5-3-6-10-13)18(16)14-11-7-4-8-12-14/h3,5-6,9-10,14-16,19H,4,7-8,11-12H2,1-2H3/t15-,16-,18?/m0/s1. The van der Waals surface area contributed by atoms with E-state index in [0.717, 1.165) is 0 Å². The van der Waals surface area contributed by atoms with Crippen LogP contribution in [0.2, 0.25) is 0 Å². The number of rotatable bonds is 3. The van der Waals surface area contributed by atoms with Gasteiger partial charge < -0.3 is 5.11 Å². The van der Waals surface area contributed by atoms with Crippen LogP contribution in [0.3, 0.4) is 0 Å². The summed E-state index contributed by atoms with van der Waals surface area (Å²) in [5.74, 6) is 0. The van der Waals surface area contributed by atoms with Crippen molar-refractivity contribution in [3.63, 3.8) is 0 Å². The van der Waals surface area contributed by atoms with Gasteiger partial charge in [-0.05, 0) is 32.3 Å². The molecule has 0 amide bonds. The molecular weight excluding hydrogens is 234 g/mol. The van der Waals surface area contributed by atoms with Crippen molar-refractivity contribution in [3.8, 4) is 0 Å². The van der Waals surface area contributed by atoms with E-state index in [2.05, 4.69) is 35.2 Å². The van der Waals surface area contributed by atoms with Crippen LogP contribution in [0.4, 0.5) is 0 Å². The van der Waals surface area contributed by atoms with E-state index in [4.69, 9.17) is 0 Å². The third-order valence-corrected chi connectivity index (χ3v) is 4.71. The molecule has 1 aromatic carbocycles. The number of nitrogens with zero attached hydrogens (tertiary/aromatic N) is 1. The van der Waals surface area contributed by atoms with E-state index in [-0.39, 0.29) is 6.04 Å². The predicted molar refractivity (Wildman–Crippen MR) is 78.0 cm³/mol. The van der Waals surface area contributed by atoms with Gasteiger partial charge in [-0.2, -0.15) is 0 Å². The summed E-state index contributed by atoms with van der Waals surface area (Å²) >= 11 is 0. The summed E-state index contributed by atoms with van der Waals surface area (Å²) < 4.78 is 0. The Morgan fingerprint density at radius 1 is 1.05 bits per heavy atom. The summed E-state index contributed by atoms with van der Waals surface area (Å²) in [6.07, 6.45) is 6.68. The lowest BCUT2D eigenvalue weighted by Crippen LogP contribution is -2.33. The number of aliphatic hydroxyl groups is 1. The molecule has 1 unspecified atom stereocenters. The van der Waals surface area contributed by atoms with Gasteiger partial charge in [0.2, 0.25) is 0 Å². The quantitative estimate of drug-likeness (QED) is 0.840. The molecule has 1 N–H and O–H groups in total. The molecule has 0 aromatic heterocycles. The first-order valence-electron chi connectivity index (χ1n) is 7.64. The van der Waals surface area contributed by atoms with Crippen LogP contribution in [-0.2, 0) is 0 Å². The van der Waals surface area contributed by atoms with Crippen molar-refractivity contribution in [2.75, 3.05) is 0 Å². The molecule has 1 aromatic rings. The largest absolute Gasteiger partial charge is 0.389 e. The van der Waals surface area contributed by atoms with Gasteiger partial charge in [-0.25, -0.2) is 0 Å². The first-order chi connectivity index (χ1) is 9.09. The third-order valence-electron chi connectivity index (χ3n) is 4.71. The van der Waals surface area contributed by atoms with Gasteiger partial charge in [0.15, 0.2) is 0 Å². The summed E-state index contributed by atoms with van der Waals surface area (Å²) in [4.78, 5) is 2.56. The van der Waals surface area contributed by atoms with Crippen molar-refractivity contribution in [2.24, 2.45) is 0 Å². The monoisotopic (exact) mass is 259 g/mol. The number of hydrogen-bond acceptors (Lipinski definition) is 2. The molecule has 2 nitrogen and oxygen atoms in total. The molecular formula is C17H25NO. The molecule has 1 saturated heterocycles. The second-order valence-corrected chi connectivity index (χ2v) is 6.69. The molecule has 2 fully saturated rings. The molecule has 1 heterocycles. The highest BCUT2D eigenvalue weighted by Gasteiger charge is 2.58. The molecule has 1 aliphatic carbocycles. The van der Waals surface area contributed by atoms with E-state index in [9.17, 15) is 5.11 Å². The van der Waals surface area contributed by atoms with Gasteiger partial charge in [0, 0.05) is 6.04 Å². The fourth-order valence-electron chi connectivity index (χ4n) is 3.84. The Balaban J connectivity index is 1.81. The summed E-state index contributed by atoms with van der Waals surface area (Å²) in [7, 11) is 0. The second-order valence-electron chi connectivity index (χ2n) is 6.69. The lowest BCUT2D eigenvalue weighted by molar-refractivity contribution is 0.0566. The molecule has 1 saturated carbocycles. The summed E-state index contributed by atoms with van der Waals surface area (Å²) in [5, 5.41) is 10.4. The van der Waals surface area contributed by atoms with E-state index < -0.39 is 5.60 Å². The van der Waals surface area contributed by atoms with Crippen LogP contribution in [0, 0.1) is 0 Å². The fraction of sp³-hybridized carbons (Fsp3) is 0.647. The van der Waals surface area contributed by atoms with Crippen molar-refractivity contribution in [2.45, 2.75) is 69.7 Å². The third kappa shape index (κ3) is 2.56. The van der Waals surface area contributed by atoms with E-state index in [1.807, 2.05) is 13.8 Å². The van der Waals surface area contributed by atoms with E-state index in [0.29, 0.717) is 12.1 Å². The summed E-state index contributed by atoms with van der Waals surface area (Å²) in [6.45, 7) is 3.91. The minimum Gasteiger partial charge on any atom is -0.389 e. The van der Waals surface area contributed by atoms with Gasteiger partial charge in [-0.15, -0.1) is 0 Å². The Hall–Kier alpha value is -0.860. The lowest BCUT2D eigenvalue weighted by Gasteiger charge is -2.26. The maximum absolute atomic E-state index is 10.4. The Bertz CT molecular complexity index is 417. The van der Waals surface area contributed by atoms with Crippen LogP contribution in [-0.4, -0.2) is 27.7 Å². The molecule has 1 aliphatic heterocycles. The lowest BCUT2D eigenvalue weighted by atomic mass is 9.95. The molecule has 2 aliphatic rings. The highest BCUT2D eigenvalue weighted by molar-refractivity contribution is 5.30. The van der Waals surface area contributed by atoms with Crippen LogP contribution in [0.1, 0.15) is 57.6 Å². The topological polar surface area (TPSA) is 23.2 Å². The minimum absolute atomic E-state index is 0.290. The van der Waals surface area contributed by atoms with Crippen molar-refractivity contribution < 1.29 is 5.11 Å². The average molecular weight is 259 g/mol. The molecule has 3 atom stereocenters. The first kappa shape index (κ1) is 13.1. The molecule has 0 bridgehead atoms. The maximum atomic E-state index is 10.4. The molecule has 0 radical (unpaired) electrons. The molecule has 19 heavy (non-hydrogen) atoms. The summed E-state index contributed by atoms with van der Waals surface area (Å²) in [6, 6.07) is 12.1. The summed E-state index contributed by atoms with van der Waals surface area (Å²) in [5.41, 5.74) is 0.748. The smallest absolute Gasteiger partial charge is 0.0765 e. The molecule has 3 rings (SSSR count). The van der Waals surface area contributed by atoms with Gasteiger partial charge in [0.25, 0.3) is 0 Å². The van der Waals surface area contributed by atoms with Gasteiger partial charge >= 0.3 is 0 Å². The fourth-order valence-corrected chi connectivity index (χ4v) is 3.84. The Morgan fingerprint density at radius 2 is 1.68 bits per heavy atom. The minimum atomic E-state index is -0.613. The Kier molecular flexibility index (Phi) is 3.40. The van der Waals surface area contributed by atoms with E-state index in [1.54, 1.807) is 0 Å². The Morgan fingerprint density at radius 3 is 2.26 bits per heavy atom. The van der Waals surface area contributed by atoms with Crippen molar-refractivity contribution in [3.05, 3.63) is 35.9 Å². The zero-order chi connectivity index (χ0) is 13.5. The van der Waals surface area contributed by atoms with Crippen molar-refractivity contribution in [1.29, 1.82) is 0 Å². The van der Waals surface area contributed by atoms with Crippen LogP contribution in [0.25, 0.3) is 0 Å². The van der Waals surface area contributed by atoms with E-state index in [1.165, 1.54) is 37.7 Å². The van der Waals surface area contributed by atoms with Crippen LogP contribution >= 0.6 is 0 Å². The molecule has 0 spiro atoms. The SMILES string of the molecule is CC(C)(O)[C@@H]1[C@H](c2ccccc2)N1C1CCCCC1. The van der Waals surface area contributed by atoms with E-state index >= 15 is 0 Å². The number of benzene rings is 1.